The minimum atomic E-state index is 0.345. The second-order valence-electron chi connectivity index (χ2n) is 4.21. The number of halogens is 3. The summed E-state index contributed by atoms with van der Waals surface area (Å²) in [5.41, 5.74) is 0.841. The normalized spacial score (nSPS) is 12.5. The van der Waals surface area contributed by atoms with E-state index in [1.54, 1.807) is 12.1 Å². The molecule has 0 bridgehead atoms. The Morgan fingerprint density at radius 1 is 1.29 bits per heavy atom. The van der Waals surface area contributed by atoms with E-state index in [-0.39, 0.29) is 0 Å². The summed E-state index contributed by atoms with van der Waals surface area (Å²) in [5, 5.41) is 1.11. The fourth-order valence-electron chi connectivity index (χ4n) is 1.68. The van der Waals surface area contributed by atoms with E-state index in [2.05, 4.69) is 13.8 Å². The molecule has 1 aromatic rings. The van der Waals surface area contributed by atoms with Gasteiger partial charge in [-0.15, -0.1) is 11.6 Å². The molecule has 96 valence electrons. The topological polar surface area (TPSA) is 9.23 Å². The van der Waals surface area contributed by atoms with Gasteiger partial charge >= 0.3 is 0 Å². The molecule has 0 amide bonds. The van der Waals surface area contributed by atoms with Gasteiger partial charge in [0.2, 0.25) is 0 Å². The molecule has 1 aromatic carbocycles. The standard InChI is InChI=1S/C13H17Cl3O/c1-3-4-9(2)8-17-13-10(7-14)5-11(15)6-12(13)16/h5-6,9H,3-4,7-8H2,1-2H3. The van der Waals surface area contributed by atoms with Crippen molar-refractivity contribution >= 4 is 34.8 Å². The van der Waals surface area contributed by atoms with Gasteiger partial charge in [0.25, 0.3) is 0 Å². The van der Waals surface area contributed by atoms with Crippen molar-refractivity contribution in [1.82, 2.24) is 0 Å². The first-order valence-electron chi connectivity index (χ1n) is 5.75. The molecule has 0 fully saturated rings. The zero-order valence-corrected chi connectivity index (χ0v) is 12.4. The average molecular weight is 296 g/mol. The highest BCUT2D eigenvalue weighted by molar-refractivity contribution is 6.35. The molecular weight excluding hydrogens is 279 g/mol. The van der Waals surface area contributed by atoms with Gasteiger partial charge in [0, 0.05) is 10.6 Å². The maximum absolute atomic E-state index is 6.11. The molecule has 0 aromatic heterocycles. The Balaban J connectivity index is 2.76. The molecule has 0 aliphatic heterocycles. The maximum atomic E-state index is 6.11. The number of hydrogen-bond acceptors (Lipinski definition) is 1. The van der Waals surface area contributed by atoms with Crippen molar-refractivity contribution in [2.24, 2.45) is 5.92 Å². The van der Waals surface area contributed by atoms with Crippen molar-refractivity contribution in [3.05, 3.63) is 27.7 Å². The van der Waals surface area contributed by atoms with Crippen molar-refractivity contribution < 1.29 is 4.74 Å². The second kappa shape index (κ2) is 7.35. The lowest BCUT2D eigenvalue weighted by Gasteiger charge is -2.15. The van der Waals surface area contributed by atoms with E-state index in [9.17, 15) is 0 Å². The minimum Gasteiger partial charge on any atom is -0.491 e. The van der Waals surface area contributed by atoms with Crippen molar-refractivity contribution in [1.29, 1.82) is 0 Å². The van der Waals surface area contributed by atoms with E-state index in [1.165, 1.54) is 0 Å². The second-order valence-corrected chi connectivity index (χ2v) is 5.33. The summed E-state index contributed by atoms with van der Waals surface area (Å²) >= 11 is 17.9. The summed E-state index contributed by atoms with van der Waals surface area (Å²) in [5.74, 6) is 1.52. The van der Waals surface area contributed by atoms with E-state index in [1.807, 2.05) is 0 Å². The summed E-state index contributed by atoms with van der Waals surface area (Å²) < 4.78 is 5.75. The quantitative estimate of drug-likeness (QED) is 0.625. The summed E-state index contributed by atoms with van der Waals surface area (Å²) in [6.07, 6.45) is 2.29. The van der Waals surface area contributed by atoms with Gasteiger partial charge in [0.05, 0.1) is 17.5 Å². The van der Waals surface area contributed by atoms with Crippen molar-refractivity contribution in [3.63, 3.8) is 0 Å². The Bertz CT molecular complexity index is 366. The molecule has 1 nitrogen and oxygen atoms in total. The molecular formula is C13H17Cl3O. The molecule has 0 aliphatic rings. The average Bonchev–Trinajstić information content (AvgIpc) is 2.27. The van der Waals surface area contributed by atoms with Crippen molar-refractivity contribution in [2.45, 2.75) is 32.6 Å². The Morgan fingerprint density at radius 2 is 2.00 bits per heavy atom. The molecule has 0 heterocycles. The first-order chi connectivity index (χ1) is 8.08. The molecule has 0 N–H and O–H groups in total. The van der Waals surface area contributed by atoms with Crippen LogP contribution in [0.5, 0.6) is 5.75 Å². The molecule has 1 rings (SSSR count). The highest BCUT2D eigenvalue weighted by atomic mass is 35.5. The molecule has 0 saturated carbocycles. The fraction of sp³-hybridized carbons (Fsp3) is 0.538. The molecule has 17 heavy (non-hydrogen) atoms. The highest BCUT2D eigenvalue weighted by Crippen LogP contribution is 2.33. The van der Waals surface area contributed by atoms with Crippen LogP contribution in [0.3, 0.4) is 0 Å². The van der Waals surface area contributed by atoms with Gasteiger partial charge < -0.3 is 4.74 Å². The van der Waals surface area contributed by atoms with Gasteiger partial charge in [-0.05, 0) is 24.5 Å². The van der Waals surface area contributed by atoms with Gasteiger partial charge in [-0.1, -0.05) is 43.5 Å². The van der Waals surface area contributed by atoms with Crippen molar-refractivity contribution in [3.8, 4) is 5.75 Å². The van der Waals surface area contributed by atoms with Crippen LogP contribution in [0.4, 0.5) is 0 Å². The van der Waals surface area contributed by atoms with Crippen LogP contribution < -0.4 is 4.74 Å². The Labute approximate surface area is 118 Å². The summed E-state index contributed by atoms with van der Waals surface area (Å²) in [4.78, 5) is 0. The third-order valence-electron chi connectivity index (χ3n) is 2.52. The first kappa shape index (κ1) is 14.9. The van der Waals surface area contributed by atoms with Crippen LogP contribution >= 0.6 is 34.8 Å². The van der Waals surface area contributed by atoms with E-state index in [4.69, 9.17) is 39.5 Å². The SMILES string of the molecule is CCCC(C)COc1c(Cl)cc(Cl)cc1CCl. The molecule has 1 atom stereocenters. The van der Waals surface area contributed by atoms with E-state index >= 15 is 0 Å². The molecule has 0 saturated heterocycles. The Hall–Kier alpha value is -0.110. The predicted octanol–water partition coefficient (Wildman–Crippen LogP) is 5.55. The largest absolute Gasteiger partial charge is 0.491 e. The van der Waals surface area contributed by atoms with Gasteiger partial charge in [-0.25, -0.2) is 0 Å². The van der Waals surface area contributed by atoms with Crippen LogP contribution in [0.25, 0.3) is 0 Å². The van der Waals surface area contributed by atoms with Gasteiger partial charge in [0.1, 0.15) is 5.75 Å². The molecule has 1 unspecified atom stereocenters. The van der Waals surface area contributed by atoms with E-state index in [0.29, 0.717) is 34.2 Å². The lowest BCUT2D eigenvalue weighted by Crippen LogP contribution is -2.09. The van der Waals surface area contributed by atoms with Crippen LogP contribution in [0.2, 0.25) is 10.0 Å². The minimum absolute atomic E-state index is 0.345. The van der Waals surface area contributed by atoms with Crippen LogP contribution in [-0.4, -0.2) is 6.61 Å². The third kappa shape index (κ3) is 4.57. The van der Waals surface area contributed by atoms with Crippen LogP contribution in [0.15, 0.2) is 12.1 Å². The van der Waals surface area contributed by atoms with Crippen molar-refractivity contribution in [2.75, 3.05) is 6.61 Å². The smallest absolute Gasteiger partial charge is 0.142 e. The number of ether oxygens (including phenoxy) is 1. The molecule has 0 spiro atoms. The summed E-state index contributed by atoms with van der Waals surface area (Å²) in [7, 11) is 0. The number of alkyl halides is 1. The third-order valence-corrected chi connectivity index (χ3v) is 3.31. The predicted molar refractivity (Wildman–Crippen MR) is 75.6 cm³/mol. The fourth-order valence-corrected chi connectivity index (χ4v) is 2.46. The molecule has 0 radical (unpaired) electrons. The lowest BCUT2D eigenvalue weighted by molar-refractivity contribution is 0.250. The zero-order valence-electron chi connectivity index (χ0n) is 10.1. The lowest BCUT2D eigenvalue weighted by atomic mass is 10.1. The number of rotatable bonds is 6. The van der Waals surface area contributed by atoms with Crippen LogP contribution in [-0.2, 0) is 5.88 Å². The summed E-state index contributed by atoms with van der Waals surface area (Å²) in [6.45, 7) is 4.97. The number of hydrogen-bond donors (Lipinski definition) is 0. The summed E-state index contributed by atoms with van der Waals surface area (Å²) in [6, 6.07) is 3.47. The Morgan fingerprint density at radius 3 is 2.59 bits per heavy atom. The van der Waals surface area contributed by atoms with E-state index in [0.717, 1.165) is 18.4 Å². The maximum Gasteiger partial charge on any atom is 0.142 e. The van der Waals surface area contributed by atoms with Crippen LogP contribution in [0.1, 0.15) is 32.3 Å². The molecule has 0 aliphatic carbocycles. The monoisotopic (exact) mass is 294 g/mol. The Kier molecular flexibility index (Phi) is 6.47. The zero-order chi connectivity index (χ0) is 12.8. The highest BCUT2D eigenvalue weighted by Gasteiger charge is 2.11. The van der Waals surface area contributed by atoms with Crippen LogP contribution in [0, 0.1) is 5.92 Å². The molecule has 4 heteroatoms. The number of benzene rings is 1. The van der Waals surface area contributed by atoms with Gasteiger partial charge in [-0.2, -0.15) is 0 Å². The van der Waals surface area contributed by atoms with Gasteiger partial charge in [0.15, 0.2) is 0 Å². The van der Waals surface area contributed by atoms with Gasteiger partial charge in [-0.3, -0.25) is 0 Å². The van der Waals surface area contributed by atoms with E-state index < -0.39 is 0 Å². The first-order valence-corrected chi connectivity index (χ1v) is 7.04.